The number of benzene rings is 1. The Labute approximate surface area is 128 Å². The summed E-state index contributed by atoms with van der Waals surface area (Å²) in [5, 5.41) is 12.4. The SMILES string of the molecule is CC1(C)OB(c2ccc([N+](=O)[O-])c3ccncc23)OC1(C)C. The Morgan fingerprint density at radius 3 is 2.32 bits per heavy atom. The standard InChI is InChI=1S/C15H17BN2O4/c1-14(2)15(3,4)22-16(21-14)12-5-6-13(18(19)20)10-7-8-17-9-11(10)12/h5-9H,1-4H3. The molecule has 0 aliphatic carbocycles. The van der Waals surface area contributed by atoms with Crippen LogP contribution >= 0.6 is 0 Å². The Bertz CT molecular complexity index is 744. The Kier molecular flexibility index (Phi) is 3.23. The minimum absolute atomic E-state index is 0.0534. The molecular weight excluding hydrogens is 283 g/mol. The van der Waals surface area contributed by atoms with E-state index >= 15 is 0 Å². The van der Waals surface area contributed by atoms with Crippen LogP contribution in [0.3, 0.4) is 0 Å². The van der Waals surface area contributed by atoms with Crippen molar-refractivity contribution in [3.63, 3.8) is 0 Å². The van der Waals surface area contributed by atoms with Gasteiger partial charge in [-0.25, -0.2) is 0 Å². The van der Waals surface area contributed by atoms with Gasteiger partial charge >= 0.3 is 7.12 Å². The third-order valence-electron chi connectivity index (χ3n) is 4.53. The lowest BCUT2D eigenvalue weighted by atomic mass is 9.76. The van der Waals surface area contributed by atoms with Gasteiger partial charge in [0, 0.05) is 23.8 Å². The molecule has 2 heterocycles. The molecule has 1 aliphatic rings. The number of nitro benzene ring substituents is 1. The molecule has 1 fully saturated rings. The third kappa shape index (κ3) is 2.17. The Morgan fingerprint density at radius 1 is 1.09 bits per heavy atom. The van der Waals surface area contributed by atoms with E-state index in [9.17, 15) is 10.1 Å². The maximum absolute atomic E-state index is 11.2. The van der Waals surface area contributed by atoms with Gasteiger partial charge in [0.25, 0.3) is 5.69 Å². The number of hydrogen-bond donors (Lipinski definition) is 0. The largest absolute Gasteiger partial charge is 0.495 e. The second-order valence-corrected chi connectivity index (χ2v) is 6.44. The van der Waals surface area contributed by atoms with Crippen LogP contribution in [0.2, 0.25) is 0 Å². The smallest absolute Gasteiger partial charge is 0.399 e. The molecule has 0 amide bonds. The van der Waals surface area contributed by atoms with E-state index < -0.39 is 23.2 Å². The van der Waals surface area contributed by atoms with Gasteiger partial charge in [0.15, 0.2) is 0 Å². The van der Waals surface area contributed by atoms with Crippen LogP contribution in [0.4, 0.5) is 5.69 Å². The van der Waals surface area contributed by atoms with Crippen LogP contribution in [-0.4, -0.2) is 28.2 Å². The molecule has 1 aliphatic heterocycles. The number of fused-ring (bicyclic) bond motifs is 1. The first kappa shape index (κ1) is 14.9. The third-order valence-corrected chi connectivity index (χ3v) is 4.53. The molecule has 0 N–H and O–H groups in total. The number of pyridine rings is 1. The van der Waals surface area contributed by atoms with Crippen molar-refractivity contribution in [2.45, 2.75) is 38.9 Å². The molecule has 0 bridgehead atoms. The fourth-order valence-corrected chi connectivity index (χ4v) is 2.53. The zero-order chi connectivity index (χ0) is 16.1. The van der Waals surface area contributed by atoms with E-state index in [1.54, 1.807) is 24.5 Å². The Balaban J connectivity index is 2.14. The molecular formula is C15H17BN2O4. The molecule has 3 rings (SSSR count). The van der Waals surface area contributed by atoms with E-state index in [1.165, 1.54) is 6.07 Å². The molecule has 0 spiro atoms. The molecule has 0 atom stereocenters. The molecule has 22 heavy (non-hydrogen) atoms. The number of nitrogens with zero attached hydrogens (tertiary/aromatic N) is 2. The number of nitro groups is 1. The highest BCUT2D eigenvalue weighted by Gasteiger charge is 2.52. The quantitative estimate of drug-likeness (QED) is 0.484. The summed E-state index contributed by atoms with van der Waals surface area (Å²) in [6, 6.07) is 4.81. The molecule has 1 aromatic heterocycles. The van der Waals surface area contributed by atoms with Crippen molar-refractivity contribution in [2.24, 2.45) is 0 Å². The van der Waals surface area contributed by atoms with Crippen LogP contribution in [0.5, 0.6) is 0 Å². The van der Waals surface area contributed by atoms with E-state index in [4.69, 9.17) is 9.31 Å². The van der Waals surface area contributed by atoms with Gasteiger partial charge in [-0.3, -0.25) is 15.1 Å². The highest BCUT2D eigenvalue weighted by Crippen LogP contribution is 2.37. The summed E-state index contributed by atoms with van der Waals surface area (Å²) < 4.78 is 12.1. The second kappa shape index (κ2) is 4.76. The van der Waals surface area contributed by atoms with E-state index in [1.807, 2.05) is 27.7 Å². The summed E-state index contributed by atoms with van der Waals surface area (Å²) in [5.74, 6) is 0. The van der Waals surface area contributed by atoms with E-state index in [-0.39, 0.29) is 5.69 Å². The van der Waals surface area contributed by atoms with E-state index in [2.05, 4.69) is 4.98 Å². The van der Waals surface area contributed by atoms with E-state index in [0.29, 0.717) is 10.8 Å². The maximum atomic E-state index is 11.2. The molecule has 0 radical (unpaired) electrons. The first-order valence-corrected chi connectivity index (χ1v) is 7.09. The number of rotatable bonds is 2. The molecule has 114 valence electrons. The van der Waals surface area contributed by atoms with Crippen molar-refractivity contribution >= 4 is 29.0 Å². The first-order valence-electron chi connectivity index (χ1n) is 7.09. The molecule has 1 aromatic carbocycles. The predicted octanol–water partition coefficient (Wildman–Crippen LogP) is 2.44. The fraction of sp³-hybridized carbons (Fsp3) is 0.400. The molecule has 7 heteroatoms. The van der Waals surface area contributed by atoms with Crippen LogP contribution in [-0.2, 0) is 9.31 Å². The van der Waals surface area contributed by atoms with Crippen molar-refractivity contribution in [3.8, 4) is 0 Å². The van der Waals surface area contributed by atoms with Crippen LogP contribution in [0.15, 0.2) is 30.6 Å². The predicted molar refractivity (Wildman–Crippen MR) is 84.1 cm³/mol. The summed E-state index contributed by atoms with van der Waals surface area (Å²) in [7, 11) is -0.572. The number of aromatic nitrogens is 1. The summed E-state index contributed by atoms with van der Waals surface area (Å²) in [6.45, 7) is 7.88. The van der Waals surface area contributed by atoms with Gasteiger partial charge in [0.1, 0.15) is 0 Å². The zero-order valence-corrected chi connectivity index (χ0v) is 13.0. The number of non-ortho nitro benzene ring substituents is 1. The Morgan fingerprint density at radius 2 is 1.73 bits per heavy atom. The van der Waals surface area contributed by atoms with Gasteiger partial charge < -0.3 is 9.31 Å². The van der Waals surface area contributed by atoms with Gasteiger partial charge in [0.2, 0.25) is 0 Å². The average molecular weight is 300 g/mol. The summed E-state index contributed by atoms with van der Waals surface area (Å²) in [6.07, 6.45) is 3.16. The lowest BCUT2D eigenvalue weighted by molar-refractivity contribution is -0.383. The highest BCUT2D eigenvalue weighted by atomic mass is 16.7. The summed E-state index contributed by atoms with van der Waals surface area (Å²) in [5.41, 5.74) is -0.118. The molecule has 0 unspecified atom stereocenters. The van der Waals surface area contributed by atoms with Crippen molar-refractivity contribution in [2.75, 3.05) is 0 Å². The maximum Gasteiger partial charge on any atom is 0.495 e. The van der Waals surface area contributed by atoms with Crippen molar-refractivity contribution in [1.82, 2.24) is 4.98 Å². The minimum Gasteiger partial charge on any atom is -0.399 e. The fourth-order valence-electron chi connectivity index (χ4n) is 2.53. The van der Waals surface area contributed by atoms with Crippen LogP contribution in [0.25, 0.3) is 10.8 Å². The van der Waals surface area contributed by atoms with Crippen molar-refractivity contribution in [1.29, 1.82) is 0 Å². The first-order chi connectivity index (χ1) is 10.2. The van der Waals surface area contributed by atoms with Gasteiger partial charge in [-0.15, -0.1) is 0 Å². The molecule has 0 saturated carbocycles. The van der Waals surface area contributed by atoms with Crippen LogP contribution < -0.4 is 5.46 Å². The molecule has 6 nitrogen and oxygen atoms in total. The highest BCUT2D eigenvalue weighted by molar-refractivity contribution is 6.65. The van der Waals surface area contributed by atoms with Gasteiger partial charge in [-0.05, 0) is 39.2 Å². The lowest BCUT2D eigenvalue weighted by Gasteiger charge is -2.32. The zero-order valence-electron chi connectivity index (χ0n) is 13.0. The molecule has 2 aromatic rings. The summed E-state index contributed by atoms with van der Waals surface area (Å²) in [4.78, 5) is 14.9. The monoisotopic (exact) mass is 300 g/mol. The van der Waals surface area contributed by atoms with E-state index in [0.717, 1.165) is 5.46 Å². The topological polar surface area (TPSA) is 74.5 Å². The van der Waals surface area contributed by atoms with Gasteiger partial charge in [-0.1, -0.05) is 6.07 Å². The lowest BCUT2D eigenvalue weighted by Crippen LogP contribution is -2.41. The van der Waals surface area contributed by atoms with Crippen molar-refractivity contribution in [3.05, 3.63) is 40.7 Å². The molecule has 1 saturated heterocycles. The second-order valence-electron chi connectivity index (χ2n) is 6.44. The minimum atomic E-state index is -0.572. The Hall–Kier alpha value is -1.99. The van der Waals surface area contributed by atoms with Crippen LogP contribution in [0.1, 0.15) is 27.7 Å². The average Bonchev–Trinajstić information content (AvgIpc) is 2.65. The number of hydrogen-bond acceptors (Lipinski definition) is 5. The van der Waals surface area contributed by atoms with Gasteiger partial charge in [-0.2, -0.15) is 0 Å². The van der Waals surface area contributed by atoms with Crippen molar-refractivity contribution < 1.29 is 14.2 Å². The van der Waals surface area contributed by atoms with Gasteiger partial charge in [0.05, 0.1) is 21.5 Å². The summed E-state index contributed by atoms with van der Waals surface area (Å²) >= 11 is 0. The van der Waals surface area contributed by atoms with Crippen LogP contribution in [0, 0.1) is 10.1 Å². The normalized spacial score (nSPS) is 19.5.